The average Bonchev–Trinajstić information content (AvgIpc) is 1.65. The van der Waals surface area contributed by atoms with E-state index in [0.29, 0.717) is 5.41 Å². The van der Waals surface area contributed by atoms with Crippen molar-refractivity contribution in [1.82, 2.24) is 5.32 Å². The van der Waals surface area contributed by atoms with Gasteiger partial charge in [0.05, 0.1) is 0 Å². The van der Waals surface area contributed by atoms with Crippen molar-refractivity contribution in [2.45, 2.75) is 26.7 Å². The van der Waals surface area contributed by atoms with Crippen LogP contribution in [0.5, 0.6) is 0 Å². The first-order chi connectivity index (χ1) is 3.71. The van der Waals surface area contributed by atoms with Crippen molar-refractivity contribution in [1.29, 1.82) is 0 Å². The van der Waals surface area contributed by atoms with E-state index in [2.05, 4.69) is 19.2 Å². The van der Waals surface area contributed by atoms with Gasteiger partial charge in [0.15, 0.2) is 0 Å². The third-order valence-electron chi connectivity index (χ3n) is 1.89. The van der Waals surface area contributed by atoms with E-state index < -0.39 is 0 Å². The lowest BCUT2D eigenvalue weighted by atomic mass is 9.83. The molecule has 0 unspecified atom stereocenters. The van der Waals surface area contributed by atoms with Crippen LogP contribution in [0.15, 0.2) is 0 Å². The van der Waals surface area contributed by atoms with Gasteiger partial charge in [-0.1, -0.05) is 13.8 Å². The molecular formula is C7H14N. The number of piperidine rings is 1. The molecule has 0 N–H and O–H groups in total. The molecule has 0 saturated carbocycles. The normalized spacial score (nSPS) is 27.8. The largest absolute Gasteiger partial charge is 0.242 e. The second-order valence-electron chi connectivity index (χ2n) is 3.34. The molecule has 1 aliphatic rings. The zero-order valence-corrected chi connectivity index (χ0v) is 5.78. The maximum absolute atomic E-state index is 4.27. The zero-order chi connectivity index (χ0) is 6.04. The van der Waals surface area contributed by atoms with Gasteiger partial charge in [-0.2, -0.15) is 0 Å². The third kappa shape index (κ3) is 1.48. The van der Waals surface area contributed by atoms with Crippen molar-refractivity contribution >= 4 is 0 Å². The Bertz CT molecular complexity index is 68.5. The highest BCUT2D eigenvalue weighted by molar-refractivity contribution is 4.74. The molecule has 1 rings (SSSR count). The van der Waals surface area contributed by atoms with Crippen LogP contribution in [0.2, 0.25) is 0 Å². The lowest BCUT2D eigenvalue weighted by molar-refractivity contribution is 0.256. The standard InChI is InChI=1S/C7H14N/c1-7(2)3-5-8-6-4-7/h3-6H2,1-2H3. The predicted molar refractivity (Wildman–Crippen MR) is 34.9 cm³/mol. The molecule has 1 heterocycles. The molecule has 0 amide bonds. The van der Waals surface area contributed by atoms with Crippen molar-refractivity contribution in [3.63, 3.8) is 0 Å². The van der Waals surface area contributed by atoms with Crippen LogP contribution in [-0.2, 0) is 0 Å². The first-order valence-corrected chi connectivity index (χ1v) is 3.34. The Morgan fingerprint density at radius 2 is 1.62 bits per heavy atom. The molecule has 1 fully saturated rings. The minimum Gasteiger partial charge on any atom is -0.242 e. The van der Waals surface area contributed by atoms with Crippen LogP contribution in [0.4, 0.5) is 0 Å². The number of nitrogens with zero attached hydrogens (tertiary/aromatic N) is 1. The van der Waals surface area contributed by atoms with Crippen LogP contribution in [-0.4, -0.2) is 13.1 Å². The first kappa shape index (κ1) is 6.09. The van der Waals surface area contributed by atoms with E-state index in [9.17, 15) is 0 Å². The summed E-state index contributed by atoms with van der Waals surface area (Å²) in [6.45, 7) is 6.82. The molecule has 8 heavy (non-hydrogen) atoms. The first-order valence-electron chi connectivity index (χ1n) is 3.34. The molecule has 0 aromatic carbocycles. The van der Waals surface area contributed by atoms with Gasteiger partial charge in [-0.15, -0.1) is 0 Å². The Morgan fingerprint density at radius 3 is 1.88 bits per heavy atom. The molecule has 47 valence electrons. The van der Waals surface area contributed by atoms with Crippen LogP contribution < -0.4 is 5.32 Å². The summed E-state index contributed by atoms with van der Waals surface area (Å²) in [5, 5.41) is 4.27. The van der Waals surface area contributed by atoms with Crippen molar-refractivity contribution < 1.29 is 0 Å². The van der Waals surface area contributed by atoms with Gasteiger partial charge in [-0.25, -0.2) is 5.32 Å². The fourth-order valence-electron chi connectivity index (χ4n) is 1.00. The van der Waals surface area contributed by atoms with E-state index in [-0.39, 0.29) is 0 Å². The predicted octanol–water partition coefficient (Wildman–Crippen LogP) is 1.41. The van der Waals surface area contributed by atoms with E-state index in [1.165, 1.54) is 12.8 Å². The molecule has 1 saturated heterocycles. The highest BCUT2D eigenvalue weighted by atomic mass is 14.9. The number of hydrogen-bond donors (Lipinski definition) is 0. The van der Waals surface area contributed by atoms with Gasteiger partial charge < -0.3 is 0 Å². The summed E-state index contributed by atoms with van der Waals surface area (Å²) in [7, 11) is 0. The SMILES string of the molecule is CC1(C)CC[N]CC1. The van der Waals surface area contributed by atoms with Crippen LogP contribution >= 0.6 is 0 Å². The minimum absolute atomic E-state index is 0.585. The summed E-state index contributed by atoms with van der Waals surface area (Å²) in [6, 6.07) is 0. The number of hydrogen-bond acceptors (Lipinski definition) is 0. The summed E-state index contributed by atoms with van der Waals surface area (Å²) in [5.74, 6) is 0. The van der Waals surface area contributed by atoms with Crippen molar-refractivity contribution in [2.24, 2.45) is 5.41 Å². The third-order valence-corrected chi connectivity index (χ3v) is 1.89. The monoisotopic (exact) mass is 112 g/mol. The van der Waals surface area contributed by atoms with Gasteiger partial charge >= 0.3 is 0 Å². The van der Waals surface area contributed by atoms with Crippen molar-refractivity contribution in [3.05, 3.63) is 0 Å². The molecule has 1 aliphatic heterocycles. The quantitative estimate of drug-likeness (QED) is 0.450. The highest BCUT2D eigenvalue weighted by Gasteiger charge is 2.20. The molecule has 1 heteroatoms. The zero-order valence-electron chi connectivity index (χ0n) is 5.78. The second kappa shape index (κ2) is 2.06. The maximum Gasteiger partial charge on any atom is 0.0138 e. The van der Waals surface area contributed by atoms with E-state index in [1.54, 1.807) is 0 Å². The van der Waals surface area contributed by atoms with Crippen LogP contribution in [0, 0.1) is 5.41 Å². The summed E-state index contributed by atoms with van der Waals surface area (Å²) in [6.07, 6.45) is 2.57. The van der Waals surface area contributed by atoms with E-state index >= 15 is 0 Å². The van der Waals surface area contributed by atoms with E-state index in [0.717, 1.165) is 13.1 Å². The molecule has 0 aromatic rings. The Hall–Kier alpha value is -0.0400. The van der Waals surface area contributed by atoms with Crippen LogP contribution in [0.3, 0.4) is 0 Å². The number of rotatable bonds is 0. The molecular weight excluding hydrogens is 98.1 g/mol. The van der Waals surface area contributed by atoms with Gasteiger partial charge in [0.1, 0.15) is 0 Å². The summed E-state index contributed by atoms with van der Waals surface area (Å²) in [4.78, 5) is 0. The molecule has 0 aliphatic carbocycles. The van der Waals surface area contributed by atoms with Gasteiger partial charge in [-0.05, 0) is 18.3 Å². The lowest BCUT2D eigenvalue weighted by Gasteiger charge is -2.28. The Balaban J connectivity index is 2.33. The molecule has 0 bridgehead atoms. The summed E-state index contributed by atoms with van der Waals surface area (Å²) < 4.78 is 0. The Kier molecular flexibility index (Phi) is 1.57. The molecule has 1 radical (unpaired) electrons. The topological polar surface area (TPSA) is 14.1 Å². The van der Waals surface area contributed by atoms with Crippen molar-refractivity contribution in [2.75, 3.05) is 13.1 Å². The van der Waals surface area contributed by atoms with E-state index in [1.807, 2.05) is 0 Å². The molecule has 0 aromatic heterocycles. The fourth-order valence-corrected chi connectivity index (χ4v) is 1.00. The van der Waals surface area contributed by atoms with Crippen LogP contribution in [0.25, 0.3) is 0 Å². The van der Waals surface area contributed by atoms with E-state index in [4.69, 9.17) is 0 Å². The molecule has 0 atom stereocenters. The second-order valence-corrected chi connectivity index (χ2v) is 3.34. The molecule has 0 spiro atoms. The Morgan fingerprint density at radius 1 is 1.12 bits per heavy atom. The highest BCUT2D eigenvalue weighted by Crippen LogP contribution is 2.26. The van der Waals surface area contributed by atoms with Crippen LogP contribution in [0.1, 0.15) is 26.7 Å². The lowest BCUT2D eigenvalue weighted by Crippen LogP contribution is -2.28. The van der Waals surface area contributed by atoms with Gasteiger partial charge in [0, 0.05) is 13.1 Å². The molecule has 1 nitrogen and oxygen atoms in total. The average molecular weight is 112 g/mol. The minimum atomic E-state index is 0.585. The summed E-state index contributed by atoms with van der Waals surface area (Å²) in [5.41, 5.74) is 0.585. The van der Waals surface area contributed by atoms with Crippen molar-refractivity contribution in [3.8, 4) is 0 Å². The van der Waals surface area contributed by atoms with Gasteiger partial charge in [0.25, 0.3) is 0 Å². The fraction of sp³-hybridized carbons (Fsp3) is 1.00. The smallest absolute Gasteiger partial charge is 0.0138 e. The van der Waals surface area contributed by atoms with Gasteiger partial charge in [0.2, 0.25) is 0 Å². The summed E-state index contributed by atoms with van der Waals surface area (Å²) >= 11 is 0. The maximum atomic E-state index is 4.27. The Labute approximate surface area is 51.5 Å². The van der Waals surface area contributed by atoms with Gasteiger partial charge in [-0.3, -0.25) is 0 Å².